The maximum Gasteiger partial charge on any atom is 0.171 e. The van der Waals surface area contributed by atoms with Crippen molar-refractivity contribution in [2.45, 2.75) is 30.1 Å². The Kier molecular flexibility index (Phi) is 5.17. The van der Waals surface area contributed by atoms with Crippen molar-refractivity contribution in [1.82, 2.24) is 19.9 Å². The largest absolute Gasteiger partial charge is 0.377 e. The monoisotopic (exact) mass is 279 g/mol. The van der Waals surface area contributed by atoms with Crippen LogP contribution in [0.4, 0.5) is 5.82 Å². The molecule has 0 atom stereocenters. The van der Waals surface area contributed by atoms with E-state index in [4.69, 9.17) is 4.74 Å². The average molecular weight is 279 g/mol. The van der Waals surface area contributed by atoms with E-state index in [1.807, 2.05) is 6.07 Å². The van der Waals surface area contributed by atoms with Crippen LogP contribution in [0.25, 0.3) is 0 Å². The Morgan fingerprint density at radius 3 is 3.00 bits per heavy atom. The van der Waals surface area contributed by atoms with Crippen LogP contribution in [0, 0.1) is 0 Å². The number of methoxy groups -OCH3 is 1. The quantitative estimate of drug-likeness (QED) is 0.758. The maximum absolute atomic E-state index is 5.09. The number of hydrogen-bond acceptors (Lipinski definition) is 6. The van der Waals surface area contributed by atoms with Crippen LogP contribution in [-0.2, 0) is 11.3 Å². The van der Waals surface area contributed by atoms with Crippen molar-refractivity contribution in [3.63, 3.8) is 0 Å². The van der Waals surface area contributed by atoms with E-state index in [9.17, 15) is 0 Å². The molecule has 0 aliphatic heterocycles. The Bertz CT molecular complexity index is 503. The van der Waals surface area contributed by atoms with E-state index in [2.05, 4.69) is 32.2 Å². The van der Waals surface area contributed by atoms with Crippen LogP contribution in [0.1, 0.15) is 19.2 Å². The van der Waals surface area contributed by atoms with Gasteiger partial charge in [-0.2, -0.15) is 0 Å². The van der Waals surface area contributed by atoms with Gasteiger partial charge >= 0.3 is 0 Å². The van der Waals surface area contributed by atoms with Crippen LogP contribution >= 0.6 is 11.8 Å². The minimum absolute atomic E-state index is 0.396. The van der Waals surface area contributed by atoms with Gasteiger partial charge in [-0.15, -0.1) is 0 Å². The molecule has 0 unspecified atom stereocenters. The lowest BCUT2D eigenvalue weighted by molar-refractivity contribution is 0.177. The molecule has 0 bridgehead atoms. The third-order valence-corrected chi connectivity index (χ3v) is 3.09. The number of aromatic nitrogens is 4. The molecule has 0 aliphatic rings. The Morgan fingerprint density at radius 1 is 1.42 bits per heavy atom. The number of rotatable bonds is 7. The number of anilines is 1. The minimum atomic E-state index is 0.396. The number of hydrogen-bond donors (Lipinski definition) is 2. The highest BCUT2D eigenvalue weighted by Crippen LogP contribution is 2.24. The summed E-state index contributed by atoms with van der Waals surface area (Å²) in [4.78, 5) is 16.0. The second kappa shape index (κ2) is 7.10. The summed E-state index contributed by atoms with van der Waals surface area (Å²) in [5, 5.41) is 4.91. The molecule has 0 spiro atoms. The zero-order valence-electron chi connectivity index (χ0n) is 11.0. The second-order valence-electron chi connectivity index (χ2n) is 3.86. The van der Waals surface area contributed by atoms with Gasteiger partial charge in [-0.05, 0) is 18.2 Å². The Labute approximate surface area is 116 Å². The van der Waals surface area contributed by atoms with Crippen molar-refractivity contribution >= 4 is 17.6 Å². The number of aromatic amines is 1. The molecule has 7 heteroatoms. The van der Waals surface area contributed by atoms with Crippen LogP contribution in [0.15, 0.2) is 28.6 Å². The van der Waals surface area contributed by atoms with Crippen LogP contribution in [0.5, 0.6) is 0 Å². The average Bonchev–Trinajstić information content (AvgIpc) is 2.89. The number of ether oxygens (including phenoxy) is 1. The first-order valence-electron chi connectivity index (χ1n) is 6.09. The first kappa shape index (κ1) is 13.8. The molecule has 0 aromatic carbocycles. The first-order chi connectivity index (χ1) is 9.31. The topological polar surface area (TPSA) is 75.7 Å². The van der Waals surface area contributed by atoms with Crippen LogP contribution in [0.3, 0.4) is 0 Å². The summed E-state index contributed by atoms with van der Waals surface area (Å²) < 4.78 is 5.09. The standard InChI is InChI=1S/C12H17N5OS/c1-3-4-13-9-7-11(17-10(16-9)8-18-2)19-12-14-5-6-15-12/h5-7H,3-4,8H2,1-2H3,(H,14,15)(H,13,16,17). The summed E-state index contributed by atoms with van der Waals surface area (Å²) >= 11 is 1.47. The molecule has 2 aromatic rings. The second-order valence-corrected chi connectivity index (χ2v) is 4.87. The summed E-state index contributed by atoms with van der Waals surface area (Å²) in [5.41, 5.74) is 0. The van der Waals surface area contributed by atoms with Crippen molar-refractivity contribution in [3.8, 4) is 0 Å². The lowest BCUT2D eigenvalue weighted by Crippen LogP contribution is -2.06. The lowest BCUT2D eigenvalue weighted by Gasteiger charge is -2.08. The Hall–Kier alpha value is -1.60. The molecule has 102 valence electrons. The lowest BCUT2D eigenvalue weighted by atomic mass is 10.4. The summed E-state index contributed by atoms with van der Waals surface area (Å²) in [6.07, 6.45) is 4.55. The van der Waals surface area contributed by atoms with Crippen LogP contribution in [-0.4, -0.2) is 33.6 Å². The summed E-state index contributed by atoms with van der Waals surface area (Å²) in [6, 6.07) is 1.92. The van der Waals surface area contributed by atoms with Crippen molar-refractivity contribution < 1.29 is 4.74 Å². The smallest absolute Gasteiger partial charge is 0.171 e. The zero-order chi connectivity index (χ0) is 13.5. The van der Waals surface area contributed by atoms with Gasteiger partial charge in [-0.1, -0.05) is 6.92 Å². The number of imidazole rings is 1. The third kappa shape index (κ3) is 4.22. The maximum atomic E-state index is 5.09. The molecule has 2 aromatic heterocycles. The highest BCUT2D eigenvalue weighted by molar-refractivity contribution is 7.99. The normalized spacial score (nSPS) is 10.6. The van der Waals surface area contributed by atoms with E-state index in [1.165, 1.54) is 11.8 Å². The van der Waals surface area contributed by atoms with Crippen molar-refractivity contribution in [2.75, 3.05) is 19.0 Å². The van der Waals surface area contributed by atoms with E-state index in [0.29, 0.717) is 12.4 Å². The molecular formula is C12H17N5OS. The van der Waals surface area contributed by atoms with E-state index >= 15 is 0 Å². The molecule has 2 rings (SSSR count). The number of nitrogens with zero attached hydrogens (tertiary/aromatic N) is 3. The predicted octanol–water partition coefficient (Wildman–Crippen LogP) is 2.32. The molecule has 19 heavy (non-hydrogen) atoms. The van der Waals surface area contributed by atoms with Crippen LogP contribution in [0.2, 0.25) is 0 Å². The fourth-order valence-electron chi connectivity index (χ4n) is 1.47. The highest BCUT2D eigenvalue weighted by atomic mass is 32.2. The Balaban J connectivity index is 2.17. The Morgan fingerprint density at radius 2 is 2.32 bits per heavy atom. The minimum Gasteiger partial charge on any atom is -0.377 e. The van der Waals surface area contributed by atoms with E-state index in [1.54, 1.807) is 19.5 Å². The van der Waals surface area contributed by atoms with Gasteiger partial charge in [0.25, 0.3) is 0 Å². The van der Waals surface area contributed by atoms with Gasteiger partial charge in [0.05, 0.1) is 0 Å². The molecule has 6 nitrogen and oxygen atoms in total. The van der Waals surface area contributed by atoms with Crippen molar-refractivity contribution in [3.05, 3.63) is 24.3 Å². The van der Waals surface area contributed by atoms with E-state index < -0.39 is 0 Å². The molecule has 0 aliphatic carbocycles. The molecular weight excluding hydrogens is 262 g/mol. The van der Waals surface area contributed by atoms with Gasteiger partial charge in [0.2, 0.25) is 0 Å². The van der Waals surface area contributed by atoms with Crippen molar-refractivity contribution in [1.29, 1.82) is 0 Å². The van der Waals surface area contributed by atoms with Gasteiger partial charge in [0, 0.05) is 32.1 Å². The summed E-state index contributed by atoms with van der Waals surface area (Å²) in [5.74, 6) is 1.48. The predicted molar refractivity (Wildman–Crippen MR) is 74.2 cm³/mol. The van der Waals surface area contributed by atoms with Crippen molar-refractivity contribution in [2.24, 2.45) is 0 Å². The summed E-state index contributed by atoms with van der Waals surface area (Å²) in [7, 11) is 1.63. The fraction of sp³-hybridized carbons (Fsp3) is 0.417. The molecule has 0 amide bonds. The molecule has 2 N–H and O–H groups in total. The van der Waals surface area contributed by atoms with Crippen LogP contribution < -0.4 is 5.32 Å². The van der Waals surface area contributed by atoms with E-state index in [0.717, 1.165) is 29.0 Å². The highest BCUT2D eigenvalue weighted by Gasteiger charge is 2.07. The number of nitrogens with one attached hydrogen (secondary N) is 2. The molecule has 0 saturated heterocycles. The molecule has 0 radical (unpaired) electrons. The molecule has 0 fully saturated rings. The van der Waals surface area contributed by atoms with Gasteiger partial charge in [0.1, 0.15) is 17.5 Å². The molecule has 0 saturated carbocycles. The van der Waals surface area contributed by atoms with Gasteiger partial charge in [-0.25, -0.2) is 15.0 Å². The third-order valence-electron chi connectivity index (χ3n) is 2.25. The summed E-state index contributed by atoms with van der Waals surface area (Å²) in [6.45, 7) is 3.39. The zero-order valence-corrected chi connectivity index (χ0v) is 11.8. The van der Waals surface area contributed by atoms with Gasteiger partial charge < -0.3 is 15.0 Å². The van der Waals surface area contributed by atoms with Gasteiger partial charge in [-0.3, -0.25) is 0 Å². The van der Waals surface area contributed by atoms with E-state index in [-0.39, 0.29) is 0 Å². The molecule has 2 heterocycles. The SMILES string of the molecule is CCCNc1cc(Sc2ncc[nH]2)nc(COC)n1. The first-order valence-corrected chi connectivity index (χ1v) is 6.91. The fourth-order valence-corrected chi connectivity index (χ4v) is 2.23. The number of H-pyrrole nitrogens is 1. The van der Waals surface area contributed by atoms with Gasteiger partial charge in [0.15, 0.2) is 11.0 Å².